The SMILES string of the molecule is CCNC1CCC(Sc2nnc(C)n2C)C1. The number of nitrogens with zero attached hydrogens (tertiary/aromatic N) is 3. The highest BCUT2D eigenvalue weighted by molar-refractivity contribution is 7.99. The molecule has 1 N–H and O–H groups in total. The average molecular weight is 240 g/mol. The van der Waals surface area contributed by atoms with Gasteiger partial charge >= 0.3 is 0 Å². The van der Waals surface area contributed by atoms with Crippen molar-refractivity contribution < 1.29 is 0 Å². The number of thioether (sulfide) groups is 1. The van der Waals surface area contributed by atoms with E-state index >= 15 is 0 Å². The highest BCUT2D eigenvalue weighted by Gasteiger charge is 2.26. The molecule has 16 heavy (non-hydrogen) atoms. The Labute approximate surface area is 101 Å². The molecule has 1 aliphatic rings. The Bertz CT molecular complexity index is 350. The number of rotatable bonds is 4. The quantitative estimate of drug-likeness (QED) is 0.870. The highest BCUT2D eigenvalue weighted by Crippen LogP contribution is 2.33. The largest absolute Gasteiger partial charge is 0.314 e. The third-order valence-corrected chi connectivity index (χ3v) is 4.53. The predicted molar refractivity (Wildman–Crippen MR) is 66.7 cm³/mol. The minimum Gasteiger partial charge on any atom is -0.314 e. The van der Waals surface area contributed by atoms with Gasteiger partial charge in [0, 0.05) is 18.3 Å². The molecule has 4 nitrogen and oxygen atoms in total. The van der Waals surface area contributed by atoms with E-state index in [0.29, 0.717) is 11.3 Å². The molecule has 0 radical (unpaired) electrons. The summed E-state index contributed by atoms with van der Waals surface area (Å²) in [5.74, 6) is 0.990. The highest BCUT2D eigenvalue weighted by atomic mass is 32.2. The maximum Gasteiger partial charge on any atom is 0.191 e. The van der Waals surface area contributed by atoms with E-state index in [1.165, 1.54) is 19.3 Å². The zero-order valence-electron chi connectivity index (χ0n) is 10.2. The molecule has 1 aliphatic carbocycles. The van der Waals surface area contributed by atoms with Crippen LogP contribution >= 0.6 is 11.8 Å². The lowest BCUT2D eigenvalue weighted by atomic mass is 10.2. The summed E-state index contributed by atoms with van der Waals surface area (Å²) >= 11 is 1.88. The van der Waals surface area contributed by atoms with Gasteiger partial charge in [-0.25, -0.2) is 0 Å². The molecule has 1 aromatic rings. The molecule has 1 fully saturated rings. The van der Waals surface area contributed by atoms with Gasteiger partial charge in [-0.15, -0.1) is 10.2 Å². The van der Waals surface area contributed by atoms with Crippen LogP contribution in [0.5, 0.6) is 0 Å². The number of nitrogens with one attached hydrogen (secondary N) is 1. The Balaban J connectivity index is 1.89. The normalized spacial score (nSPS) is 25.2. The molecule has 1 saturated carbocycles. The van der Waals surface area contributed by atoms with Crippen LogP contribution in [0.2, 0.25) is 0 Å². The van der Waals surface area contributed by atoms with Crippen LogP contribution < -0.4 is 5.32 Å². The number of hydrogen-bond donors (Lipinski definition) is 1. The Morgan fingerprint density at radius 1 is 1.44 bits per heavy atom. The molecule has 5 heteroatoms. The smallest absolute Gasteiger partial charge is 0.191 e. The van der Waals surface area contributed by atoms with Crippen LogP contribution in [0.4, 0.5) is 0 Å². The van der Waals surface area contributed by atoms with Crippen LogP contribution in [-0.4, -0.2) is 32.6 Å². The van der Waals surface area contributed by atoms with Crippen molar-refractivity contribution in [3.8, 4) is 0 Å². The monoisotopic (exact) mass is 240 g/mol. The minimum absolute atomic E-state index is 0.700. The van der Waals surface area contributed by atoms with Crippen molar-refractivity contribution in [2.24, 2.45) is 7.05 Å². The molecular weight excluding hydrogens is 220 g/mol. The molecule has 2 rings (SSSR count). The van der Waals surface area contributed by atoms with E-state index in [1.54, 1.807) is 0 Å². The predicted octanol–water partition coefficient (Wildman–Crippen LogP) is 1.75. The van der Waals surface area contributed by atoms with Gasteiger partial charge in [-0.2, -0.15) is 0 Å². The Kier molecular flexibility index (Phi) is 3.86. The average Bonchev–Trinajstić information content (AvgIpc) is 2.82. The minimum atomic E-state index is 0.700. The van der Waals surface area contributed by atoms with Crippen LogP contribution in [0, 0.1) is 6.92 Å². The second-order valence-electron chi connectivity index (χ2n) is 4.40. The molecule has 0 saturated heterocycles. The van der Waals surface area contributed by atoms with Crippen LogP contribution in [0.15, 0.2) is 5.16 Å². The van der Waals surface area contributed by atoms with E-state index in [-0.39, 0.29) is 0 Å². The van der Waals surface area contributed by atoms with E-state index < -0.39 is 0 Å². The Morgan fingerprint density at radius 3 is 2.88 bits per heavy atom. The van der Waals surface area contributed by atoms with E-state index in [0.717, 1.165) is 17.5 Å². The molecule has 1 aromatic heterocycles. The van der Waals surface area contributed by atoms with Gasteiger partial charge in [0.1, 0.15) is 5.82 Å². The summed E-state index contributed by atoms with van der Waals surface area (Å²) in [5, 5.41) is 13.6. The van der Waals surface area contributed by atoms with Gasteiger partial charge in [0.2, 0.25) is 0 Å². The van der Waals surface area contributed by atoms with Gasteiger partial charge in [-0.3, -0.25) is 0 Å². The summed E-state index contributed by atoms with van der Waals surface area (Å²) in [4.78, 5) is 0. The fourth-order valence-corrected chi connectivity index (χ4v) is 3.42. The number of aryl methyl sites for hydroxylation is 1. The molecule has 0 aromatic carbocycles. The molecule has 2 unspecified atom stereocenters. The summed E-state index contributed by atoms with van der Waals surface area (Å²) in [6.45, 7) is 5.24. The third kappa shape index (κ3) is 2.58. The summed E-state index contributed by atoms with van der Waals surface area (Å²) in [5.41, 5.74) is 0. The topological polar surface area (TPSA) is 42.7 Å². The van der Waals surface area contributed by atoms with Gasteiger partial charge in [-0.1, -0.05) is 18.7 Å². The van der Waals surface area contributed by atoms with Crippen LogP contribution in [-0.2, 0) is 7.05 Å². The lowest BCUT2D eigenvalue weighted by molar-refractivity contribution is 0.543. The second kappa shape index (κ2) is 5.19. The number of hydrogen-bond acceptors (Lipinski definition) is 4. The summed E-state index contributed by atoms with van der Waals surface area (Å²) in [6, 6.07) is 0.705. The molecule has 2 atom stereocenters. The zero-order valence-corrected chi connectivity index (χ0v) is 11.0. The van der Waals surface area contributed by atoms with Gasteiger partial charge in [0.05, 0.1) is 0 Å². The van der Waals surface area contributed by atoms with Gasteiger partial charge in [0.15, 0.2) is 5.16 Å². The molecule has 90 valence electrons. The van der Waals surface area contributed by atoms with E-state index in [4.69, 9.17) is 0 Å². The zero-order chi connectivity index (χ0) is 11.5. The van der Waals surface area contributed by atoms with E-state index in [9.17, 15) is 0 Å². The first-order chi connectivity index (χ1) is 7.70. The maximum absolute atomic E-state index is 4.21. The van der Waals surface area contributed by atoms with E-state index in [1.807, 2.05) is 25.7 Å². The van der Waals surface area contributed by atoms with Gasteiger partial charge in [0.25, 0.3) is 0 Å². The molecular formula is C11H20N4S. The lowest BCUT2D eigenvalue weighted by Gasteiger charge is -2.11. The molecule has 0 aliphatic heterocycles. The van der Waals surface area contributed by atoms with Gasteiger partial charge in [-0.05, 0) is 32.7 Å². The fraction of sp³-hybridized carbons (Fsp3) is 0.818. The standard InChI is InChI=1S/C11H20N4S/c1-4-12-9-5-6-10(7-9)16-11-14-13-8(2)15(11)3/h9-10,12H,4-7H2,1-3H3. The molecule has 0 amide bonds. The second-order valence-corrected chi connectivity index (χ2v) is 5.66. The first-order valence-electron chi connectivity index (χ1n) is 5.96. The molecule has 1 heterocycles. The van der Waals surface area contributed by atoms with Crippen molar-refractivity contribution in [2.75, 3.05) is 6.54 Å². The fourth-order valence-electron chi connectivity index (χ4n) is 2.16. The van der Waals surface area contributed by atoms with E-state index in [2.05, 4.69) is 27.0 Å². The summed E-state index contributed by atoms with van der Waals surface area (Å²) < 4.78 is 2.07. The van der Waals surface area contributed by atoms with Crippen molar-refractivity contribution >= 4 is 11.8 Å². The van der Waals surface area contributed by atoms with Crippen LogP contribution in [0.3, 0.4) is 0 Å². The van der Waals surface area contributed by atoms with Gasteiger partial charge < -0.3 is 9.88 Å². The summed E-state index contributed by atoms with van der Waals surface area (Å²) in [7, 11) is 2.04. The summed E-state index contributed by atoms with van der Waals surface area (Å²) in [6.07, 6.45) is 3.83. The molecule has 0 bridgehead atoms. The Hall–Kier alpha value is -0.550. The van der Waals surface area contributed by atoms with Crippen molar-refractivity contribution in [1.29, 1.82) is 0 Å². The number of aromatic nitrogens is 3. The Morgan fingerprint density at radius 2 is 2.25 bits per heavy atom. The van der Waals surface area contributed by atoms with Crippen molar-refractivity contribution in [1.82, 2.24) is 20.1 Å². The van der Waals surface area contributed by atoms with Crippen LogP contribution in [0.25, 0.3) is 0 Å². The van der Waals surface area contributed by atoms with Crippen LogP contribution in [0.1, 0.15) is 32.0 Å². The van der Waals surface area contributed by atoms with Crippen molar-refractivity contribution in [3.05, 3.63) is 5.82 Å². The molecule has 0 spiro atoms. The first-order valence-corrected chi connectivity index (χ1v) is 6.84. The lowest BCUT2D eigenvalue weighted by Crippen LogP contribution is -2.26. The first kappa shape index (κ1) is 11.9. The van der Waals surface area contributed by atoms with Crippen molar-refractivity contribution in [2.45, 2.75) is 49.6 Å². The third-order valence-electron chi connectivity index (χ3n) is 3.20. The van der Waals surface area contributed by atoms with Crippen molar-refractivity contribution in [3.63, 3.8) is 0 Å². The maximum atomic E-state index is 4.21.